The minimum atomic E-state index is 0.655. The van der Waals surface area contributed by atoms with Crippen molar-refractivity contribution in [3.63, 3.8) is 0 Å². The van der Waals surface area contributed by atoms with Gasteiger partial charge in [0.2, 0.25) is 5.88 Å². The fraction of sp³-hybridized carbons (Fsp3) is 0.250. The molecule has 5 heteroatoms. The smallest absolute Gasteiger partial charge is 0.226 e. The molecule has 5 nitrogen and oxygen atoms in total. The lowest BCUT2D eigenvalue weighted by Gasteiger charge is -2.07. The molecule has 0 fully saturated rings. The molecule has 2 aromatic rings. The molecule has 0 unspecified atom stereocenters. The standard InChI is InChI=1S/C14H17N3O2.C2H4/c1-10-13(11(2)16-19-4)14(18-3)17(15-10)12-8-6-5-7-9-12;1-2/h5-9H,1-4H3;1-2H2/b16-11-;. The van der Waals surface area contributed by atoms with E-state index < -0.39 is 0 Å². The highest BCUT2D eigenvalue weighted by molar-refractivity contribution is 6.01. The molecule has 0 saturated carbocycles. The van der Waals surface area contributed by atoms with Gasteiger partial charge < -0.3 is 9.57 Å². The first-order chi connectivity index (χ1) is 10.2. The van der Waals surface area contributed by atoms with Crippen molar-refractivity contribution in [2.45, 2.75) is 13.8 Å². The zero-order valence-corrected chi connectivity index (χ0v) is 13.0. The van der Waals surface area contributed by atoms with Gasteiger partial charge in [-0.15, -0.1) is 13.2 Å². The summed E-state index contributed by atoms with van der Waals surface area (Å²) in [6.45, 7) is 9.79. The Morgan fingerprint density at radius 2 is 1.81 bits per heavy atom. The van der Waals surface area contributed by atoms with Gasteiger partial charge in [0.05, 0.1) is 29.8 Å². The fourth-order valence-corrected chi connectivity index (χ4v) is 2.04. The van der Waals surface area contributed by atoms with E-state index in [1.807, 2.05) is 44.2 Å². The first-order valence-electron chi connectivity index (χ1n) is 6.46. The van der Waals surface area contributed by atoms with Crippen molar-refractivity contribution >= 4 is 5.71 Å². The van der Waals surface area contributed by atoms with E-state index in [0.717, 1.165) is 22.7 Å². The van der Waals surface area contributed by atoms with Crippen LogP contribution in [0.15, 0.2) is 48.6 Å². The molecule has 0 spiro atoms. The Morgan fingerprint density at radius 3 is 2.33 bits per heavy atom. The summed E-state index contributed by atoms with van der Waals surface area (Å²) in [4.78, 5) is 4.82. The van der Waals surface area contributed by atoms with Crippen LogP contribution in [0.5, 0.6) is 5.88 Å². The molecule has 0 aliphatic carbocycles. The molecule has 1 aromatic heterocycles. The molecule has 1 heterocycles. The molecule has 0 bridgehead atoms. The Bertz CT molecular complexity index is 603. The maximum absolute atomic E-state index is 5.48. The van der Waals surface area contributed by atoms with Crippen molar-refractivity contribution < 1.29 is 9.57 Å². The van der Waals surface area contributed by atoms with Crippen LogP contribution in [0.1, 0.15) is 18.2 Å². The van der Waals surface area contributed by atoms with Crippen LogP contribution >= 0.6 is 0 Å². The molecule has 112 valence electrons. The van der Waals surface area contributed by atoms with Crippen LogP contribution in [0.4, 0.5) is 0 Å². The van der Waals surface area contributed by atoms with Gasteiger partial charge in [0.1, 0.15) is 7.11 Å². The average Bonchev–Trinajstić information content (AvgIpc) is 2.87. The normalized spacial score (nSPS) is 10.6. The van der Waals surface area contributed by atoms with Crippen LogP contribution in [-0.2, 0) is 4.84 Å². The molecule has 0 atom stereocenters. The minimum Gasteiger partial charge on any atom is -0.480 e. The van der Waals surface area contributed by atoms with E-state index in [0.29, 0.717) is 5.88 Å². The summed E-state index contributed by atoms with van der Waals surface area (Å²) >= 11 is 0. The van der Waals surface area contributed by atoms with Crippen molar-refractivity contribution in [2.24, 2.45) is 5.16 Å². The topological polar surface area (TPSA) is 48.6 Å². The van der Waals surface area contributed by atoms with Gasteiger partial charge >= 0.3 is 0 Å². The van der Waals surface area contributed by atoms with Gasteiger partial charge in [-0.05, 0) is 26.0 Å². The number of aryl methyl sites for hydroxylation is 1. The van der Waals surface area contributed by atoms with Crippen LogP contribution in [0.3, 0.4) is 0 Å². The van der Waals surface area contributed by atoms with Gasteiger partial charge in [0, 0.05) is 0 Å². The lowest BCUT2D eigenvalue weighted by Crippen LogP contribution is -2.03. The highest BCUT2D eigenvalue weighted by Crippen LogP contribution is 2.26. The summed E-state index contributed by atoms with van der Waals surface area (Å²) in [5.41, 5.74) is 3.38. The number of hydrogen-bond acceptors (Lipinski definition) is 4. The average molecular weight is 287 g/mol. The minimum absolute atomic E-state index is 0.655. The van der Waals surface area contributed by atoms with Gasteiger partial charge in [0.15, 0.2) is 0 Å². The van der Waals surface area contributed by atoms with Gasteiger partial charge in [-0.25, -0.2) is 4.68 Å². The van der Waals surface area contributed by atoms with Crippen molar-refractivity contribution in [3.05, 3.63) is 54.7 Å². The van der Waals surface area contributed by atoms with Crippen LogP contribution in [0.25, 0.3) is 5.69 Å². The maximum atomic E-state index is 5.48. The number of oxime groups is 1. The van der Waals surface area contributed by atoms with Gasteiger partial charge in [-0.1, -0.05) is 23.4 Å². The van der Waals surface area contributed by atoms with E-state index in [-0.39, 0.29) is 0 Å². The van der Waals surface area contributed by atoms with E-state index in [4.69, 9.17) is 9.57 Å². The molecule has 0 aliphatic heterocycles. The first-order valence-corrected chi connectivity index (χ1v) is 6.46. The predicted octanol–water partition coefficient (Wildman–Crippen LogP) is 3.36. The Labute approximate surface area is 125 Å². The van der Waals surface area contributed by atoms with Gasteiger partial charge in [0.25, 0.3) is 0 Å². The molecule has 0 amide bonds. The third-order valence-corrected chi connectivity index (χ3v) is 2.80. The summed E-state index contributed by atoms with van der Waals surface area (Å²) in [6.07, 6.45) is 0. The number of nitrogens with zero attached hydrogens (tertiary/aromatic N) is 3. The molecule has 1 aromatic carbocycles. The second-order valence-electron chi connectivity index (χ2n) is 4.08. The quantitative estimate of drug-likeness (QED) is 0.492. The SMILES string of the molecule is C=C.CO/N=C(/C)c1c(C)nn(-c2ccccc2)c1OC. The maximum Gasteiger partial charge on any atom is 0.226 e. The fourth-order valence-electron chi connectivity index (χ4n) is 2.04. The van der Waals surface area contributed by atoms with Crippen LogP contribution < -0.4 is 4.74 Å². The van der Waals surface area contributed by atoms with Crippen molar-refractivity contribution in [1.82, 2.24) is 9.78 Å². The first kappa shape index (κ1) is 16.5. The number of ether oxygens (including phenoxy) is 1. The number of aromatic nitrogens is 2. The number of para-hydroxylation sites is 1. The summed E-state index contributed by atoms with van der Waals surface area (Å²) in [7, 11) is 3.15. The zero-order valence-electron chi connectivity index (χ0n) is 13.0. The lowest BCUT2D eigenvalue weighted by atomic mass is 10.2. The zero-order chi connectivity index (χ0) is 15.8. The summed E-state index contributed by atoms with van der Waals surface area (Å²) in [5.74, 6) is 0.655. The van der Waals surface area contributed by atoms with E-state index in [9.17, 15) is 0 Å². The molecule has 0 saturated heterocycles. The molecule has 0 aliphatic rings. The lowest BCUT2D eigenvalue weighted by molar-refractivity contribution is 0.213. The van der Waals surface area contributed by atoms with Gasteiger partial charge in [-0.2, -0.15) is 5.10 Å². The second-order valence-corrected chi connectivity index (χ2v) is 4.08. The number of hydrogen-bond donors (Lipinski definition) is 0. The Balaban J connectivity index is 0.00000106. The van der Waals surface area contributed by atoms with Crippen molar-refractivity contribution in [2.75, 3.05) is 14.2 Å². The number of rotatable bonds is 4. The third-order valence-electron chi connectivity index (χ3n) is 2.80. The van der Waals surface area contributed by atoms with E-state index in [2.05, 4.69) is 23.4 Å². The number of benzene rings is 1. The Hall–Kier alpha value is -2.56. The summed E-state index contributed by atoms with van der Waals surface area (Å²) < 4.78 is 7.25. The van der Waals surface area contributed by atoms with Crippen molar-refractivity contribution in [3.8, 4) is 11.6 Å². The van der Waals surface area contributed by atoms with E-state index in [1.165, 1.54) is 7.11 Å². The van der Waals surface area contributed by atoms with Crippen LogP contribution in [0, 0.1) is 6.92 Å². The largest absolute Gasteiger partial charge is 0.480 e. The highest BCUT2D eigenvalue weighted by atomic mass is 16.6. The monoisotopic (exact) mass is 287 g/mol. The summed E-state index contributed by atoms with van der Waals surface area (Å²) in [6, 6.07) is 9.83. The summed E-state index contributed by atoms with van der Waals surface area (Å²) in [5, 5.41) is 8.46. The van der Waals surface area contributed by atoms with E-state index in [1.54, 1.807) is 11.8 Å². The Morgan fingerprint density at radius 1 is 1.19 bits per heavy atom. The Kier molecular flexibility index (Phi) is 6.20. The molecule has 2 rings (SSSR count). The van der Waals surface area contributed by atoms with Crippen molar-refractivity contribution in [1.29, 1.82) is 0 Å². The van der Waals surface area contributed by atoms with Gasteiger partial charge in [-0.3, -0.25) is 0 Å². The molecule has 0 N–H and O–H groups in total. The molecular weight excluding hydrogens is 266 g/mol. The highest BCUT2D eigenvalue weighted by Gasteiger charge is 2.19. The van der Waals surface area contributed by atoms with Crippen LogP contribution in [0.2, 0.25) is 0 Å². The molecular formula is C16H21N3O2. The number of methoxy groups -OCH3 is 1. The predicted molar refractivity (Wildman–Crippen MR) is 85.3 cm³/mol. The molecule has 0 radical (unpaired) electrons. The van der Waals surface area contributed by atoms with E-state index >= 15 is 0 Å². The molecule has 21 heavy (non-hydrogen) atoms. The van der Waals surface area contributed by atoms with Crippen LogP contribution in [-0.4, -0.2) is 29.7 Å². The second kappa shape index (κ2) is 7.89. The third kappa shape index (κ3) is 3.51.